The molecule has 0 spiro atoms. The van der Waals surface area contributed by atoms with Gasteiger partial charge in [-0.1, -0.05) is 60.7 Å². The van der Waals surface area contributed by atoms with E-state index in [1.807, 2.05) is 0 Å². The summed E-state index contributed by atoms with van der Waals surface area (Å²) in [6.07, 6.45) is -0.262. The first-order valence-electron chi connectivity index (χ1n) is 12.8. The maximum atomic E-state index is 14.7. The van der Waals surface area contributed by atoms with Gasteiger partial charge in [-0.2, -0.15) is 0 Å². The molecule has 2 aromatic rings. The number of Topliss-reactive ketones (excluding diaryl/α,β-unsaturated/α-hetero) is 1. The number of amides is 1. The predicted octanol–water partition coefficient (Wildman–Crippen LogP) is 0.331. The van der Waals surface area contributed by atoms with E-state index in [2.05, 4.69) is 10.3 Å². The molecule has 0 radical (unpaired) electrons. The number of carbonyl (C=O) groups excluding carboxylic acids is 3. The van der Waals surface area contributed by atoms with Crippen LogP contribution in [0.3, 0.4) is 0 Å². The van der Waals surface area contributed by atoms with Crippen molar-refractivity contribution in [2.75, 3.05) is 32.8 Å². The summed E-state index contributed by atoms with van der Waals surface area (Å²) >= 11 is 0. The molecule has 0 saturated heterocycles. The lowest BCUT2D eigenvalue weighted by atomic mass is 9.75. The Kier molecular flexibility index (Phi) is 12.4. The predicted molar refractivity (Wildman–Crippen MR) is 149 cm³/mol. The Morgan fingerprint density at radius 3 is 1.88 bits per heavy atom. The molecule has 0 aliphatic rings. The molecule has 7 N–H and O–H groups in total. The van der Waals surface area contributed by atoms with Crippen molar-refractivity contribution in [2.24, 2.45) is 16.5 Å². The number of nitrogens with one attached hydrogen (secondary N) is 1. The van der Waals surface area contributed by atoms with Gasteiger partial charge in [0.05, 0.1) is 19.1 Å². The fourth-order valence-electron chi connectivity index (χ4n) is 4.40. The highest BCUT2D eigenvalue weighted by Gasteiger charge is 2.51. The molecule has 0 aromatic heterocycles. The number of nitrogens with zero attached hydrogens (tertiary/aromatic N) is 2. The van der Waals surface area contributed by atoms with Crippen molar-refractivity contribution in [1.82, 2.24) is 10.2 Å². The highest BCUT2D eigenvalue weighted by Crippen LogP contribution is 2.33. The quantitative estimate of drug-likeness (QED) is 0.0575. The summed E-state index contributed by atoms with van der Waals surface area (Å²) in [5.74, 6) is -6.90. The molecule has 2 aromatic carbocycles. The van der Waals surface area contributed by atoms with Crippen LogP contribution in [0.1, 0.15) is 36.8 Å². The van der Waals surface area contributed by atoms with E-state index in [0.29, 0.717) is 16.0 Å². The molecule has 2 rings (SSSR count). The lowest BCUT2D eigenvalue weighted by molar-refractivity contribution is -0.156. The fourth-order valence-corrected chi connectivity index (χ4v) is 4.40. The summed E-state index contributed by atoms with van der Waals surface area (Å²) in [4.78, 5) is 69.1. The van der Waals surface area contributed by atoms with Gasteiger partial charge >= 0.3 is 17.9 Å². The normalized spacial score (nSPS) is 12.1. The van der Waals surface area contributed by atoms with E-state index in [9.17, 15) is 34.2 Å². The van der Waals surface area contributed by atoms with Crippen LogP contribution in [0.2, 0.25) is 0 Å². The van der Waals surface area contributed by atoms with Gasteiger partial charge in [-0.05, 0) is 30.9 Å². The van der Waals surface area contributed by atoms with Crippen LogP contribution in [0, 0.1) is 0 Å². The van der Waals surface area contributed by atoms with Crippen molar-refractivity contribution in [1.29, 1.82) is 0 Å². The summed E-state index contributed by atoms with van der Waals surface area (Å²) in [5, 5.41) is 21.7. The van der Waals surface area contributed by atoms with Gasteiger partial charge in [-0.3, -0.25) is 34.3 Å². The number of carboxylic acids is 2. The third-order valence-electron chi connectivity index (χ3n) is 6.10. The number of hydrogen-bond acceptors (Lipinski definition) is 8. The maximum absolute atomic E-state index is 14.7. The van der Waals surface area contributed by atoms with E-state index in [4.69, 9.17) is 16.2 Å². The molecule has 0 heterocycles. The Morgan fingerprint density at radius 2 is 1.44 bits per heavy atom. The number of ketones is 1. The minimum Gasteiger partial charge on any atom is -0.480 e. The van der Waals surface area contributed by atoms with Crippen molar-refractivity contribution >= 4 is 35.6 Å². The van der Waals surface area contributed by atoms with Gasteiger partial charge in [0.1, 0.15) is 13.1 Å². The smallest absolute Gasteiger partial charge is 0.323 e. The summed E-state index contributed by atoms with van der Waals surface area (Å²) in [6.45, 7) is -1.00. The zero-order chi connectivity index (χ0) is 30.4. The number of ether oxygens (including phenoxy) is 1. The minimum atomic E-state index is -2.27. The summed E-state index contributed by atoms with van der Waals surface area (Å²) in [6, 6.07) is 17.2. The lowest BCUT2D eigenvalue weighted by Crippen LogP contribution is -2.66. The van der Waals surface area contributed by atoms with Gasteiger partial charge in [0.25, 0.3) is 5.91 Å². The zero-order valence-corrected chi connectivity index (χ0v) is 22.7. The molecular formula is C28H35N5O8. The summed E-state index contributed by atoms with van der Waals surface area (Å²) in [7, 11) is 0. The summed E-state index contributed by atoms with van der Waals surface area (Å²) in [5.41, 5.74) is 9.63. The van der Waals surface area contributed by atoms with Crippen LogP contribution in [0.5, 0.6) is 0 Å². The second-order valence-electron chi connectivity index (χ2n) is 9.04. The van der Waals surface area contributed by atoms with Crippen LogP contribution >= 0.6 is 0 Å². The molecule has 1 atom stereocenters. The van der Waals surface area contributed by atoms with E-state index < -0.39 is 60.7 Å². The van der Waals surface area contributed by atoms with Crippen LogP contribution in [-0.4, -0.2) is 89.0 Å². The van der Waals surface area contributed by atoms with Crippen molar-refractivity contribution in [2.45, 2.75) is 31.2 Å². The number of aliphatic carboxylic acids is 2. The monoisotopic (exact) mass is 569 g/mol. The second kappa shape index (κ2) is 15.7. The number of hydrogen-bond donors (Lipinski definition) is 5. The van der Waals surface area contributed by atoms with Crippen molar-refractivity contribution in [3.8, 4) is 0 Å². The second-order valence-corrected chi connectivity index (χ2v) is 9.04. The fraction of sp³-hybridized carbons (Fsp3) is 0.357. The van der Waals surface area contributed by atoms with Gasteiger partial charge < -0.3 is 31.3 Å². The molecule has 0 saturated carbocycles. The van der Waals surface area contributed by atoms with Crippen LogP contribution in [0.4, 0.5) is 0 Å². The van der Waals surface area contributed by atoms with Crippen molar-refractivity contribution < 1.29 is 38.9 Å². The lowest BCUT2D eigenvalue weighted by Gasteiger charge is -2.38. The number of rotatable bonds is 17. The molecule has 0 aliphatic heterocycles. The standard InChI is InChI=1S/C28H35N5O8/c1-2-41-23(38)16-32-28(14-9-15-31-27(29)30,26(40)33(17-21(34)35)18-22(36)37)25(39)24(19-10-5-3-6-11-19)20-12-7-4-8-13-20/h3-8,10-13,24,32H,2,9,14-18H2,1H3,(H,34,35)(H,36,37)(H4,29,30,31)/t28-/m1/s1. The summed E-state index contributed by atoms with van der Waals surface area (Å²) < 4.78 is 4.99. The largest absolute Gasteiger partial charge is 0.480 e. The van der Waals surface area contributed by atoms with E-state index in [1.54, 1.807) is 67.6 Å². The molecule has 0 bridgehead atoms. The number of carbonyl (C=O) groups is 5. The van der Waals surface area contributed by atoms with Crippen LogP contribution in [-0.2, 0) is 28.7 Å². The first-order valence-corrected chi connectivity index (χ1v) is 12.8. The van der Waals surface area contributed by atoms with E-state index in [1.165, 1.54) is 0 Å². The SMILES string of the molecule is CCOC(=O)CN[C@](CCCN=C(N)N)(C(=O)C(c1ccccc1)c1ccccc1)C(=O)N(CC(=O)O)CC(=O)O. The molecular weight excluding hydrogens is 534 g/mol. The molecule has 0 fully saturated rings. The number of carboxylic acid groups (broad SMARTS) is 2. The van der Waals surface area contributed by atoms with Crippen molar-refractivity contribution in [3.05, 3.63) is 71.8 Å². The minimum absolute atomic E-state index is 0.00900. The molecule has 41 heavy (non-hydrogen) atoms. The Morgan fingerprint density at radius 1 is 0.927 bits per heavy atom. The molecule has 0 aliphatic carbocycles. The van der Waals surface area contributed by atoms with Crippen LogP contribution in [0.25, 0.3) is 0 Å². The van der Waals surface area contributed by atoms with Gasteiger partial charge in [0.15, 0.2) is 17.3 Å². The average Bonchev–Trinajstić information content (AvgIpc) is 2.93. The average molecular weight is 570 g/mol. The zero-order valence-electron chi connectivity index (χ0n) is 22.7. The number of aliphatic imine (C=N–C) groups is 1. The van der Waals surface area contributed by atoms with Gasteiger partial charge in [-0.25, -0.2) is 0 Å². The first-order chi connectivity index (χ1) is 19.5. The third kappa shape index (κ3) is 9.42. The number of esters is 1. The van der Waals surface area contributed by atoms with Gasteiger partial charge in [-0.15, -0.1) is 0 Å². The Hall–Kier alpha value is -4.78. The van der Waals surface area contributed by atoms with Gasteiger partial charge in [0.2, 0.25) is 0 Å². The molecule has 0 unspecified atom stereocenters. The van der Waals surface area contributed by atoms with E-state index >= 15 is 0 Å². The molecule has 1 amide bonds. The number of guanidine groups is 1. The highest BCUT2D eigenvalue weighted by molar-refractivity contribution is 6.15. The van der Waals surface area contributed by atoms with Gasteiger partial charge in [0, 0.05) is 6.54 Å². The maximum Gasteiger partial charge on any atom is 0.323 e. The highest BCUT2D eigenvalue weighted by atomic mass is 16.5. The first kappa shape index (κ1) is 32.4. The molecule has 220 valence electrons. The van der Waals surface area contributed by atoms with Crippen LogP contribution < -0.4 is 16.8 Å². The van der Waals surface area contributed by atoms with Crippen molar-refractivity contribution in [3.63, 3.8) is 0 Å². The topological polar surface area (TPSA) is 215 Å². The molecule has 13 nitrogen and oxygen atoms in total. The number of nitrogens with two attached hydrogens (primary N) is 2. The van der Waals surface area contributed by atoms with Crippen LogP contribution in [0.15, 0.2) is 65.7 Å². The molecule has 13 heteroatoms. The van der Waals surface area contributed by atoms with E-state index in [0.717, 1.165) is 0 Å². The third-order valence-corrected chi connectivity index (χ3v) is 6.10. The number of benzene rings is 2. The van der Waals surface area contributed by atoms with E-state index in [-0.39, 0.29) is 32.0 Å². The Labute approximate surface area is 237 Å². The Bertz CT molecular complexity index is 1180. The Balaban J connectivity index is 2.78.